The fourth-order valence-corrected chi connectivity index (χ4v) is 3.77. The van der Waals surface area contributed by atoms with Gasteiger partial charge in [0.2, 0.25) is 11.9 Å². The second-order valence-corrected chi connectivity index (χ2v) is 7.58. The molecule has 27 heavy (non-hydrogen) atoms. The lowest BCUT2D eigenvalue weighted by Gasteiger charge is -2.39. The maximum absolute atomic E-state index is 11.6. The zero-order chi connectivity index (χ0) is 19.0. The summed E-state index contributed by atoms with van der Waals surface area (Å²) in [5, 5.41) is 12.1. The standard InChI is InChI=1S/C21H26N4O2/c1-13-9-10-25(13)21-23-18-8-4-7-17(18)19(24-21)16-6-3-5-15(11-16)12-22-20(27)14(2)26/h3,5-6,11,13-14,26H,4,7-10,12H2,1-2H3,(H,22,27)/t13-,14-/m0/s1. The Bertz CT molecular complexity index is 865. The number of aryl methyl sites for hydroxylation is 1. The van der Waals surface area contributed by atoms with E-state index < -0.39 is 6.10 Å². The van der Waals surface area contributed by atoms with Crippen LogP contribution in [-0.4, -0.2) is 39.7 Å². The van der Waals surface area contributed by atoms with Gasteiger partial charge in [-0.2, -0.15) is 0 Å². The number of fused-ring (bicyclic) bond motifs is 1. The van der Waals surface area contributed by atoms with Crippen LogP contribution in [-0.2, 0) is 24.2 Å². The fraction of sp³-hybridized carbons (Fsp3) is 0.476. The molecule has 0 bridgehead atoms. The number of aliphatic hydroxyl groups excluding tert-OH is 1. The Labute approximate surface area is 159 Å². The molecule has 1 aromatic carbocycles. The summed E-state index contributed by atoms with van der Waals surface area (Å²) >= 11 is 0. The van der Waals surface area contributed by atoms with Gasteiger partial charge in [0, 0.05) is 36.0 Å². The van der Waals surface area contributed by atoms with Crippen molar-refractivity contribution in [2.75, 3.05) is 11.4 Å². The average Bonchev–Trinajstić information content (AvgIpc) is 3.13. The van der Waals surface area contributed by atoms with Crippen LogP contribution in [0.3, 0.4) is 0 Å². The van der Waals surface area contributed by atoms with Gasteiger partial charge in [0.05, 0.1) is 5.69 Å². The topological polar surface area (TPSA) is 78.3 Å². The molecule has 1 fully saturated rings. The Balaban J connectivity index is 1.65. The smallest absolute Gasteiger partial charge is 0.248 e. The van der Waals surface area contributed by atoms with E-state index in [1.54, 1.807) is 0 Å². The molecule has 1 aliphatic heterocycles. The first-order chi connectivity index (χ1) is 13.0. The largest absolute Gasteiger partial charge is 0.384 e. The van der Waals surface area contributed by atoms with Crippen LogP contribution in [0.25, 0.3) is 11.3 Å². The monoisotopic (exact) mass is 366 g/mol. The van der Waals surface area contributed by atoms with Crippen LogP contribution < -0.4 is 10.2 Å². The van der Waals surface area contributed by atoms with Crippen molar-refractivity contribution >= 4 is 11.9 Å². The van der Waals surface area contributed by atoms with Crippen molar-refractivity contribution in [1.29, 1.82) is 0 Å². The molecular formula is C21H26N4O2. The summed E-state index contributed by atoms with van der Waals surface area (Å²) in [6.45, 7) is 5.09. The van der Waals surface area contributed by atoms with E-state index in [9.17, 15) is 9.90 Å². The molecule has 2 heterocycles. The van der Waals surface area contributed by atoms with Gasteiger partial charge in [-0.25, -0.2) is 9.97 Å². The van der Waals surface area contributed by atoms with E-state index in [-0.39, 0.29) is 5.91 Å². The van der Waals surface area contributed by atoms with Gasteiger partial charge >= 0.3 is 0 Å². The maximum atomic E-state index is 11.6. The number of hydrogen-bond donors (Lipinski definition) is 2. The molecule has 4 rings (SSSR count). The highest BCUT2D eigenvalue weighted by molar-refractivity contribution is 5.80. The number of aliphatic hydroxyl groups is 1. The van der Waals surface area contributed by atoms with Gasteiger partial charge in [-0.3, -0.25) is 4.79 Å². The van der Waals surface area contributed by atoms with Crippen molar-refractivity contribution in [2.24, 2.45) is 0 Å². The highest BCUT2D eigenvalue weighted by Gasteiger charge is 2.29. The van der Waals surface area contributed by atoms with E-state index in [2.05, 4.69) is 29.3 Å². The Hall–Kier alpha value is -2.47. The summed E-state index contributed by atoms with van der Waals surface area (Å²) in [4.78, 5) is 23.7. The molecular weight excluding hydrogens is 340 g/mol. The molecule has 2 atom stereocenters. The predicted octanol–water partition coefficient (Wildman–Crippen LogP) is 2.23. The van der Waals surface area contributed by atoms with E-state index in [4.69, 9.17) is 9.97 Å². The third kappa shape index (κ3) is 3.54. The highest BCUT2D eigenvalue weighted by Crippen LogP contribution is 2.34. The number of nitrogens with zero attached hydrogens (tertiary/aromatic N) is 3. The lowest BCUT2D eigenvalue weighted by Crippen LogP contribution is -2.46. The number of carbonyl (C=O) groups excluding carboxylic acids is 1. The first kappa shape index (κ1) is 17.9. The van der Waals surface area contributed by atoms with Crippen molar-refractivity contribution < 1.29 is 9.90 Å². The fourth-order valence-electron chi connectivity index (χ4n) is 3.77. The molecule has 0 saturated carbocycles. The molecule has 2 aromatic rings. The van der Waals surface area contributed by atoms with Crippen LogP contribution in [0.1, 0.15) is 43.5 Å². The Morgan fingerprint density at radius 1 is 1.37 bits per heavy atom. The second-order valence-electron chi connectivity index (χ2n) is 7.58. The molecule has 2 N–H and O–H groups in total. The number of anilines is 1. The summed E-state index contributed by atoms with van der Waals surface area (Å²) in [5.74, 6) is 0.481. The lowest BCUT2D eigenvalue weighted by atomic mass is 10.0. The van der Waals surface area contributed by atoms with Gasteiger partial charge in [-0.1, -0.05) is 18.2 Å². The van der Waals surface area contributed by atoms with Crippen LogP contribution in [0, 0.1) is 0 Å². The number of benzene rings is 1. The van der Waals surface area contributed by atoms with Crippen LogP contribution in [0.2, 0.25) is 0 Å². The van der Waals surface area contributed by atoms with E-state index in [1.165, 1.54) is 24.6 Å². The van der Waals surface area contributed by atoms with E-state index in [1.807, 2.05) is 12.1 Å². The summed E-state index contributed by atoms with van der Waals surface area (Å²) < 4.78 is 0. The van der Waals surface area contributed by atoms with Crippen molar-refractivity contribution in [2.45, 2.75) is 58.2 Å². The molecule has 0 spiro atoms. The first-order valence-corrected chi connectivity index (χ1v) is 9.74. The molecule has 6 heteroatoms. The molecule has 0 unspecified atom stereocenters. The molecule has 1 saturated heterocycles. The zero-order valence-electron chi connectivity index (χ0n) is 15.9. The van der Waals surface area contributed by atoms with E-state index in [0.717, 1.165) is 48.6 Å². The highest BCUT2D eigenvalue weighted by atomic mass is 16.3. The molecule has 1 amide bonds. The van der Waals surface area contributed by atoms with Gasteiger partial charge in [0.1, 0.15) is 6.10 Å². The first-order valence-electron chi connectivity index (χ1n) is 9.74. The van der Waals surface area contributed by atoms with Gasteiger partial charge in [-0.15, -0.1) is 0 Å². The molecule has 0 radical (unpaired) electrons. The quantitative estimate of drug-likeness (QED) is 0.848. The molecule has 6 nitrogen and oxygen atoms in total. The van der Waals surface area contributed by atoms with E-state index in [0.29, 0.717) is 12.6 Å². The van der Waals surface area contributed by atoms with E-state index >= 15 is 0 Å². The minimum atomic E-state index is -1.00. The summed E-state index contributed by atoms with van der Waals surface area (Å²) in [6.07, 6.45) is 3.35. The number of carbonyl (C=O) groups is 1. The van der Waals surface area contributed by atoms with Gasteiger partial charge in [-0.05, 0) is 51.2 Å². The Kier molecular flexibility index (Phi) is 4.83. The summed E-state index contributed by atoms with van der Waals surface area (Å²) in [6, 6.07) is 8.62. The molecule has 1 aliphatic carbocycles. The minimum Gasteiger partial charge on any atom is -0.384 e. The van der Waals surface area contributed by atoms with Crippen LogP contribution in [0.15, 0.2) is 24.3 Å². The maximum Gasteiger partial charge on any atom is 0.248 e. The Morgan fingerprint density at radius 3 is 2.93 bits per heavy atom. The summed E-state index contributed by atoms with van der Waals surface area (Å²) in [5.41, 5.74) is 5.52. The van der Waals surface area contributed by atoms with Crippen LogP contribution in [0.5, 0.6) is 0 Å². The van der Waals surface area contributed by atoms with Gasteiger partial charge < -0.3 is 15.3 Å². The van der Waals surface area contributed by atoms with Crippen LogP contribution >= 0.6 is 0 Å². The van der Waals surface area contributed by atoms with Crippen molar-refractivity contribution in [3.05, 3.63) is 41.1 Å². The van der Waals surface area contributed by atoms with Gasteiger partial charge in [0.15, 0.2) is 0 Å². The third-order valence-electron chi connectivity index (χ3n) is 5.54. The average molecular weight is 366 g/mol. The number of aromatic nitrogens is 2. The number of hydrogen-bond acceptors (Lipinski definition) is 5. The number of rotatable bonds is 5. The van der Waals surface area contributed by atoms with Crippen molar-refractivity contribution in [1.82, 2.24) is 15.3 Å². The summed E-state index contributed by atoms with van der Waals surface area (Å²) in [7, 11) is 0. The minimum absolute atomic E-state index is 0.364. The van der Waals surface area contributed by atoms with Crippen LogP contribution in [0.4, 0.5) is 5.95 Å². The zero-order valence-corrected chi connectivity index (χ0v) is 15.9. The third-order valence-corrected chi connectivity index (χ3v) is 5.54. The number of amides is 1. The number of nitrogens with one attached hydrogen (secondary N) is 1. The van der Waals surface area contributed by atoms with Crippen molar-refractivity contribution in [3.8, 4) is 11.3 Å². The second kappa shape index (κ2) is 7.27. The molecule has 1 aromatic heterocycles. The predicted molar refractivity (Wildman–Crippen MR) is 104 cm³/mol. The molecule has 142 valence electrons. The van der Waals surface area contributed by atoms with Crippen molar-refractivity contribution in [3.63, 3.8) is 0 Å². The normalized spacial score (nSPS) is 19.4. The Morgan fingerprint density at radius 2 is 2.22 bits per heavy atom. The SMILES string of the molecule is C[C@H](O)C(=O)NCc1cccc(-c2nc(N3CC[C@@H]3C)nc3c2CCC3)c1. The van der Waals surface area contributed by atoms with Gasteiger partial charge in [0.25, 0.3) is 0 Å². The molecule has 2 aliphatic rings. The lowest BCUT2D eigenvalue weighted by molar-refractivity contribution is -0.128.